The van der Waals surface area contributed by atoms with Gasteiger partial charge in [0.1, 0.15) is 5.82 Å². The number of ether oxygens (including phenoxy) is 1. The first kappa shape index (κ1) is 16.7. The molecule has 3 atom stereocenters. The van der Waals surface area contributed by atoms with Gasteiger partial charge in [-0.05, 0) is 36.5 Å². The van der Waals surface area contributed by atoms with Crippen molar-refractivity contribution in [1.29, 1.82) is 0 Å². The Morgan fingerprint density at radius 1 is 1.24 bits per heavy atom. The molecule has 1 aliphatic carbocycles. The first-order valence-corrected chi connectivity index (χ1v) is 7.62. The van der Waals surface area contributed by atoms with Crippen LogP contribution in [0.5, 0.6) is 0 Å². The molecular weight excluding hydrogens is 291 g/mol. The summed E-state index contributed by atoms with van der Waals surface area (Å²) in [5.74, 6) is 0.479. The van der Waals surface area contributed by atoms with Gasteiger partial charge in [0.05, 0.1) is 13.2 Å². The summed E-state index contributed by atoms with van der Waals surface area (Å²) in [5.41, 5.74) is 1.14. The molecule has 118 valence electrons. The fourth-order valence-corrected chi connectivity index (χ4v) is 3.44. The molecule has 0 radical (unpaired) electrons. The van der Waals surface area contributed by atoms with Crippen LogP contribution in [0.25, 0.3) is 0 Å². The monoisotopic (exact) mass is 314 g/mol. The van der Waals surface area contributed by atoms with Gasteiger partial charge in [0.2, 0.25) is 0 Å². The molecule has 1 saturated heterocycles. The minimum Gasteiger partial charge on any atom is -0.379 e. The molecule has 0 amide bonds. The Balaban J connectivity index is 0.00000161. The Kier molecular flexibility index (Phi) is 6.42. The van der Waals surface area contributed by atoms with Gasteiger partial charge in [-0.25, -0.2) is 4.39 Å². The minimum atomic E-state index is -0.170. The van der Waals surface area contributed by atoms with E-state index in [1.54, 1.807) is 0 Å². The fourth-order valence-electron chi connectivity index (χ4n) is 3.44. The van der Waals surface area contributed by atoms with Gasteiger partial charge >= 0.3 is 0 Å². The van der Waals surface area contributed by atoms with Gasteiger partial charge in [-0.15, -0.1) is 12.4 Å². The molecule has 2 fully saturated rings. The van der Waals surface area contributed by atoms with Crippen molar-refractivity contribution in [3.05, 3.63) is 35.6 Å². The van der Waals surface area contributed by atoms with Crippen LogP contribution in [0, 0.1) is 11.7 Å². The summed E-state index contributed by atoms with van der Waals surface area (Å²) in [4.78, 5) is 0. The maximum atomic E-state index is 12.9. The summed E-state index contributed by atoms with van der Waals surface area (Å²) < 4.78 is 18.5. The van der Waals surface area contributed by atoms with E-state index in [0.29, 0.717) is 18.0 Å². The van der Waals surface area contributed by atoms with Crippen LogP contribution < -0.4 is 10.6 Å². The van der Waals surface area contributed by atoms with Crippen molar-refractivity contribution in [2.24, 2.45) is 5.92 Å². The van der Waals surface area contributed by atoms with Crippen LogP contribution in [0.3, 0.4) is 0 Å². The third-order valence-electron chi connectivity index (χ3n) is 4.52. The first-order chi connectivity index (χ1) is 9.83. The summed E-state index contributed by atoms with van der Waals surface area (Å²) in [7, 11) is 0. The van der Waals surface area contributed by atoms with Crippen molar-refractivity contribution >= 4 is 12.4 Å². The largest absolute Gasteiger partial charge is 0.379 e. The minimum absolute atomic E-state index is 0. The smallest absolute Gasteiger partial charge is 0.123 e. The van der Waals surface area contributed by atoms with Crippen LogP contribution in [-0.4, -0.2) is 31.8 Å². The molecule has 3 rings (SSSR count). The van der Waals surface area contributed by atoms with Crippen molar-refractivity contribution in [2.45, 2.75) is 37.9 Å². The second-order valence-electron chi connectivity index (χ2n) is 5.84. The number of rotatable bonds is 4. The molecule has 1 heterocycles. The third kappa shape index (κ3) is 4.39. The molecule has 2 aliphatic rings. The highest BCUT2D eigenvalue weighted by Crippen LogP contribution is 2.29. The second-order valence-corrected chi connectivity index (χ2v) is 5.84. The van der Waals surface area contributed by atoms with E-state index in [0.717, 1.165) is 31.9 Å². The molecule has 5 heteroatoms. The Bertz CT molecular complexity index is 423. The highest BCUT2D eigenvalue weighted by atomic mass is 35.5. The predicted molar refractivity (Wildman–Crippen MR) is 84.2 cm³/mol. The van der Waals surface area contributed by atoms with Crippen LogP contribution in [0.15, 0.2) is 24.3 Å². The predicted octanol–water partition coefficient (Wildman–Crippen LogP) is 2.49. The maximum Gasteiger partial charge on any atom is 0.123 e. The number of nitrogens with one attached hydrogen (secondary N) is 2. The molecule has 21 heavy (non-hydrogen) atoms. The fraction of sp³-hybridized carbons (Fsp3) is 0.625. The zero-order chi connectivity index (χ0) is 13.8. The summed E-state index contributed by atoms with van der Waals surface area (Å²) in [6.07, 6.45) is 3.77. The molecule has 1 saturated carbocycles. The van der Waals surface area contributed by atoms with Crippen molar-refractivity contribution in [2.75, 3.05) is 19.8 Å². The van der Waals surface area contributed by atoms with E-state index < -0.39 is 0 Å². The van der Waals surface area contributed by atoms with Crippen LogP contribution in [0.2, 0.25) is 0 Å². The van der Waals surface area contributed by atoms with E-state index in [1.807, 2.05) is 12.1 Å². The van der Waals surface area contributed by atoms with Gasteiger partial charge in [-0.3, -0.25) is 0 Å². The van der Waals surface area contributed by atoms with Crippen LogP contribution in [0.1, 0.15) is 24.8 Å². The summed E-state index contributed by atoms with van der Waals surface area (Å²) in [5, 5.41) is 7.23. The molecular formula is C16H24ClFN2O. The quantitative estimate of drug-likeness (QED) is 0.896. The normalized spacial score (nSPS) is 29.1. The van der Waals surface area contributed by atoms with Crippen molar-refractivity contribution in [3.8, 4) is 0 Å². The topological polar surface area (TPSA) is 33.3 Å². The maximum absolute atomic E-state index is 12.9. The van der Waals surface area contributed by atoms with Crippen LogP contribution >= 0.6 is 12.4 Å². The lowest BCUT2D eigenvalue weighted by molar-refractivity contribution is 0.0524. The van der Waals surface area contributed by atoms with E-state index in [9.17, 15) is 4.39 Å². The van der Waals surface area contributed by atoms with Gasteiger partial charge in [-0.1, -0.05) is 18.6 Å². The van der Waals surface area contributed by atoms with E-state index >= 15 is 0 Å². The van der Waals surface area contributed by atoms with Gasteiger partial charge in [0.15, 0.2) is 0 Å². The summed E-state index contributed by atoms with van der Waals surface area (Å²) in [6, 6.07) is 7.79. The molecule has 2 N–H and O–H groups in total. The number of morpholine rings is 1. The second kappa shape index (κ2) is 8.08. The van der Waals surface area contributed by atoms with Gasteiger partial charge in [-0.2, -0.15) is 0 Å². The molecule has 3 nitrogen and oxygen atoms in total. The third-order valence-corrected chi connectivity index (χ3v) is 4.52. The Morgan fingerprint density at radius 2 is 2.05 bits per heavy atom. The van der Waals surface area contributed by atoms with E-state index in [4.69, 9.17) is 4.74 Å². The number of benzene rings is 1. The van der Waals surface area contributed by atoms with Gasteiger partial charge in [0, 0.05) is 25.2 Å². The summed E-state index contributed by atoms with van der Waals surface area (Å²) in [6.45, 7) is 3.44. The van der Waals surface area contributed by atoms with Gasteiger partial charge in [0.25, 0.3) is 0 Å². The van der Waals surface area contributed by atoms with Crippen molar-refractivity contribution in [1.82, 2.24) is 10.6 Å². The average Bonchev–Trinajstić information content (AvgIpc) is 2.96. The Labute approximate surface area is 132 Å². The summed E-state index contributed by atoms with van der Waals surface area (Å²) >= 11 is 0. The SMILES string of the molecule is Cl.Fc1ccc(CNC2CCCC2C2COCCN2)cc1. The van der Waals surface area contributed by atoms with Crippen LogP contribution in [0.4, 0.5) is 4.39 Å². The molecule has 3 unspecified atom stereocenters. The molecule has 1 aromatic rings. The lowest BCUT2D eigenvalue weighted by Gasteiger charge is -2.33. The Hall–Kier alpha value is -0.680. The Morgan fingerprint density at radius 3 is 2.76 bits per heavy atom. The lowest BCUT2D eigenvalue weighted by Crippen LogP contribution is -2.50. The van der Waals surface area contributed by atoms with Crippen molar-refractivity contribution < 1.29 is 9.13 Å². The highest BCUT2D eigenvalue weighted by molar-refractivity contribution is 5.85. The van der Waals surface area contributed by atoms with E-state index in [1.165, 1.54) is 31.4 Å². The first-order valence-electron chi connectivity index (χ1n) is 7.62. The lowest BCUT2D eigenvalue weighted by atomic mass is 9.94. The molecule has 1 aromatic carbocycles. The van der Waals surface area contributed by atoms with E-state index in [2.05, 4.69) is 10.6 Å². The zero-order valence-electron chi connectivity index (χ0n) is 12.2. The zero-order valence-corrected chi connectivity index (χ0v) is 13.0. The standard InChI is InChI=1S/C16H23FN2O.ClH/c17-13-6-4-12(5-7-13)10-19-15-3-1-2-14(15)16-11-20-9-8-18-16;/h4-7,14-16,18-19H,1-3,8-11H2;1H. The number of hydrogen-bond acceptors (Lipinski definition) is 3. The number of halogens is 2. The van der Waals surface area contributed by atoms with E-state index in [-0.39, 0.29) is 18.2 Å². The highest BCUT2D eigenvalue weighted by Gasteiger charge is 2.34. The molecule has 0 aromatic heterocycles. The number of hydrogen-bond donors (Lipinski definition) is 2. The van der Waals surface area contributed by atoms with Gasteiger partial charge < -0.3 is 15.4 Å². The van der Waals surface area contributed by atoms with Crippen LogP contribution in [-0.2, 0) is 11.3 Å². The average molecular weight is 315 g/mol. The molecule has 0 spiro atoms. The molecule has 1 aliphatic heterocycles. The molecule has 0 bridgehead atoms. The van der Waals surface area contributed by atoms with Crippen molar-refractivity contribution in [3.63, 3.8) is 0 Å².